The van der Waals surface area contributed by atoms with Crippen LogP contribution in [-0.2, 0) is 11.0 Å². The monoisotopic (exact) mass is 216 g/mol. The minimum Gasteiger partial charge on any atom is -0.508 e. The Hall–Kier alpha value is -1.78. The van der Waals surface area contributed by atoms with E-state index in [0.29, 0.717) is 12.4 Å². The van der Waals surface area contributed by atoms with Crippen LogP contribution >= 0.6 is 0 Å². The molecule has 0 bridgehead atoms. The van der Waals surface area contributed by atoms with Crippen LogP contribution in [-0.4, -0.2) is 11.4 Å². The van der Waals surface area contributed by atoms with Crippen molar-refractivity contribution in [3.63, 3.8) is 0 Å². The summed E-state index contributed by atoms with van der Waals surface area (Å²) in [5.74, 6) is -0.490. The zero-order valence-corrected chi connectivity index (χ0v) is 7.45. The summed E-state index contributed by atoms with van der Waals surface area (Å²) in [6.07, 6.45) is -1.84. The molecule has 2 nitrogen and oxygen atoms in total. The smallest absolute Gasteiger partial charge is 0.416 e. The Morgan fingerprint density at radius 3 is 2.40 bits per heavy atom. The van der Waals surface area contributed by atoms with Gasteiger partial charge < -0.3 is 5.11 Å². The van der Waals surface area contributed by atoms with Crippen LogP contribution in [0.25, 0.3) is 6.08 Å². The summed E-state index contributed by atoms with van der Waals surface area (Å²) in [4.78, 5) is 9.97. The predicted octanol–water partition coefficient (Wildman–Crippen LogP) is 2.62. The number of hydrogen-bond donors (Lipinski definition) is 1. The number of alkyl halides is 3. The summed E-state index contributed by atoms with van der Waals surface area (Å²) in [6.45, 7) is 0. The molecule has 0 spiro atoms. The lowest BCUT2D eigenvalue weighted by molar-refractivity contribution is -0.137. The third-order valence-electron chi connectivity index (χ3n) is 1.63. The number of benzene rings is 1. The fraction of sp³-hybridized carbons (Fsp3) is 0.100. The van der Waals surface area contributed by atoms with Gasteiger partial charge in [-0.25, -0.2) is 0 Å². The number of rotatable bonds is 2. The highest BCUT2D eigenvalue weighted by Crippen LogP contribution is 2.32. The molecule has 1 aromatic carbocycles. The number of aromatic hydroxyl groups is 1. The van der Waals surface area contributed by atoms with E-state index >= 15 is 0 Å². The van der Waals surface area contributed by atoms with Gasteiger partial charge in [0.05, 0.1) is 5.56 Å². The Morgan fingerprint density at radius 2 is 1.87 bits per heavy atom. The van der Waals surface area contributed by atoms with Crippen molar-refractivity contribution in [2.75, 3.05) is 0 Å². The van der Waals surface area contributed by atoms with E-state index in [-0.39, 0.29) is 5.56 Å². The van der Waals surface area contributed by atoms with E-state index in [9.17, 15) is 18.0 Å². The first-order chi connectivity index (χ1) is 6.93. The van der Waals surface area contributed by atoms with Gasteiger partial charge in [-0.1, -0.05) is 6.08 Å². The van der Waals surface area contributed by atoms with Crippen LogP contribution < -0.4 is 0 Å². The van der Waals surface area contributed by atoms with E-state index in [1.165, 1.54) is 6.08 Å². The highest BCUT2D eigenvalue weighted by atomic mass is 19.4. The van der Waals surface area contributed by atoms with Crippen molar-refractivity contribution in [1.29, 1.82) is 0 Å². The van der Waals surface area contributed by atoms with Gasteiger partial charge in [-0.15, -0.1) is 0 Å². The lowest BCUT2D eigenvalue weighted by Crippen LogP contribution is -2.04. The molecule has 0 fully saturated rings. The molecule has 0 heterocycles. The van der Waals surface area contributed by atoms with Crippen LogP contribution in [0, 0.1) is 0 Å². The van der Waals surface area contributed by atoms with Crippen LogP contribution in [0.1, 0.15) is 11.1 Å². The Morgan fingerprint density at radius 1 is 1.20 bits per heavy atom. The molecule has 80 valence electrons. The van der Waals surface area contributed by atoms with E-state index in [0.717, 1.165) is 18.2 Å². The predicted molar refractivity (Wildman–Crippen MR) is 48.2 cm³/mol. The molecule has 5 heteroatoms. The highest BCUT2D eigenvalue weighted by molar-refractivity contribution is 5.74. The van der Waals surface area contributed by atoms with E-state index in [2.05, 4.69) is 0 Å². The second-order valence-corrected chi connectivity index (χ2v) is 2.81. The van der Waals surface area contributed by atoms with Crippen molar-refractivity contribution in [2.24, 2.45) is 0 Å². The molecule has 0 saturated carbocycles. The third-order valence-corrected chi connectivity index (χ3v) is 1.63. The second-order valence-electron chi connectivity index (χ2n) is 2.81. The molecule has 1 aromatic rings. The van der Waals surface area contributed by atoms with Gasteiger partial charge >= 0.3 is 6.18 Å². The van der Waals surface area contributed by atoms with Crippen LogP contribution in [0.3, 0.4) is 0 Å². The molecule has 1 rings (SSSR count). The van der Waals surface area contributed by atoms with Crippen LogP contribution in [0.5, 0.6) is 5.75 Å². The number of phenols is 1. The molecular weight excluding hydrogens is 209 g/mol. The Bertz CT molecular complexity index is 394. The van der Waals surface area contributed by atoms with Crippen molar-refractivity contribution in [3.8, 4) is 5.75 Å². The maximum atomic E-state index is 12.3. The van der Waals surface area contributed by atoms with Gasteiger partial charge in [0.25, 0.3) is 0 Å². The number of carbonyl (C=O) groups excluding carboxylic acids is 1. The molecule has 0 amide bonds. The number of allylic oxidation sites excluding steroid dienone is 1. The second kappa shape index (κ2) is 4.16. The summed E-state index contributed by atoms with van der Waals surface area (Å²) in [7, 11) is 0. The standard InChI is InChI=1S/C10H7F3O2/c11-10(12,13)8-4-7(2-1-3-14)5-9(15)6-8/h1-6,15H. The van der Waals surface area contributed by atoms with E-state index < -0.39 is 17.5 Å². The number of carbonyl (C=O) groups is 1. The summed E-state index contributed by atoms with van der Waals surface area (Å²) in [5.41, 5.74) is -0.831. The topological polar surface area (TPSA) is 37.3 Å². The number of aldehydes is 1. The number of phenolic OH excluding ortho intramolecular Hbond substituents is 1. The first-order valence-electron chi connectivity index (χ1n) is 3.96. The molecule has 15 heavy (non-hydrogen) atoms. The third kappa shape index (κ3) is 3.12. The summed E-state index contributed by atoms with van der Waals surface area (Å²) >= 11 is 0. The Kier molecular flexibility index (Phi) is 3.14. The zero-order valence-electron chi connectivity index (χ0n) is 7.45. The summed E-state index contributed by atoms with van der Waals surface area (Å²) in [5, 5.41) is 9.03. The lowest BCUT2D eigenvalue weighted by Gasteiger charge is -2.07. The van der Waals surface area contributed by atoms with Gasteiger partial charge in [-0.2, -0.15) is 13.2 Å². The molecule has 0 aliphatic carbocycles. The van der Waals surface area contributed by atoms with Gasteiger partial charge in [0.1, 0.15) is 12.0 Å². The Balaban J connectivity index is 3.16. The molecule has 0 atom stereocenters. The van der Waals surface area contributed by atoms with E-state index in [1.54, 1.807) is 0 Å². The van der Waals surface area contributed by atoms with Crippen LogP contribution in [0.4, 0.5) is 13.2 Å². The molecule has 0 unspecified atom stereocenters. The SMILES string of the molecule is O=CC=Cc1cc(O)cc(C(F)(F)F)c1. The van der Waals surface area contributed by atoms with E-state index in [1.807, 2.05) is 0 Å². The van der Waals surface area contributed by atoms with Crippen molar-refractivity contribution in [3.05, 3.63) is 35.4 Å². The number of halogens is 3. The number of hydrogen-bond acceptors (Lipinski definition) is 2. The molecular formula is C10H7F3O2. The normalized spacial score (nSPS) is 11.9. The van der Waals surface area contributed by atoms with E-state index in [4.69, 9.17) is 5.11 Å². The van der Waals surface area contributed by atoms with Gasteiger partial charge in [-0.05, 0) is 29.8 Å². The van der Waals surface area contributed by atoms with Gasteiger partial charge in [0.2, 0.25) is 0 Å². The fourth-order valence-electron chi connectivity index (χ4n) is 1.04. The maximum Gasteiger partial charge on any atom is 0.416 e. The van der Waals surface area contributed by atoms with Crippen LogP contribution in [0.15, 0.2) is 24.3 Å². The van der Waals surface area contributed by atoms with Crippen molar-refractivity contribution in [1.82, 2.24) is 0 Å². The lowest BCUT2D eigenvalue weighted by atomic mass is 10.1. The quantitative estimate of drug-likeness (QED) is 0.609. The molecule has 1 N–H and O–H groups in total. The average molecular weight is 216 g/mol. The molecule has 0 saturated heterocycles. The molecule has 0 aromatic heterocycles. The summed E-state index contributed by atoms with van der Waals surface area (Å²) < 4.78 is 36.8. The van der Waals surface area contributed by atoms with Gasteiger partial charge in [-0.3, -0.25) is 4.79 Å². The average Bonchev–Trinajstić information content (AvgIpc) is 2.12. The Labute approximate surface area is 83.7 Å². The minimum absolute atomic E-state index is 0.120. The highest BCUT2D eigenvalue weighted by Gasteiger charge is 2.31. The fourth-order valence-corrected chi connectivity index (χ4v) is 1.04. The minimum atomic E-state index is -4.51. The zero-order chi connectivity index (χ0) is 11.5. The van der Waals surface area contributed by atoms with Gasteiger partial charge in [0, 0.05) is 0 Å². The largest absolute Gasteiger partial charge is 0.508 e. The first-order valence-corrected chi connectivity index (χ1v) is 3.96. The molecule has 0 aliphatic rings. The van der Waals surface area contributed by atoms with Crippen molar-refractivity contribution >= 4 is 12.4 Å². The van der Waals surface area contributed by atoms with Crippen molar-refractivity contribution < 1.29 is 23.1 Å². The maximum absolute atomic E-state index is 12.3. The molecule has 0 radical (unpaired) electrons. The first kappa shape index (κ1) is 11.3. The van der Waals surface area contributed by atoms with Crippen molar-refractivity contribution in [2.45, 2.75) is 6.18 Å². The van der Waals surface area contributed by atoms with Gasteiger partial charge in [0.15, 0.2) is 0 Å². The molecule has 0 aliphatic heterocycles. The summed E-state index contributed by atoms with van der Waals surface area (Å²) in [6, 6.07) is 2.60. The van der Waals surface area contributed by atoms with Crippen LogP contribution in [0.2, 0.25) is 0 Å².